The standard InChI is InChI=1S/C15H16BrN3O/c1-3-11-12(7-4-9(2)17-11)20-14-8-13(16)18-15(19-14)10-5-6-10/h4,7-8,10H,3,5-6H2,1-2H3. The van der Waals surface area contributed by atoms with Crippen molar-refractivity contribution in [2.75, 3.05) is 0 Å². The van der Waals surface area contributed by atoms with E-state index in [0.717, 1.165) is 34.0 Å². The van der Waals surface area contributed by atoms with Gasteiger partial charge < -0.3 is 4.74 Å². The predicted molar refractivity (Wildman–Crippen MR) is 80.1 cm³/mol. The normalized spacial score (nSPS) is 14.3. The first kappa shape index (κ1) is 13.5. The summed E-state index contributed by atoms with van der Waals surface area (Å²) in [6.45, 7) is 4.05. The monoisotopic (exact) mass is 333 g/mol. The quantitative estimate of drug-likeness (QED) is 0.787. The summed E-state index contributed by atoms with van der Waals surface area (Å²) in [6, 6.07) is 5.70. The van der Waals surface area contributed by atoms with E-state index in [-0.39, 0.29) is 0 Å². The minimum atomic E-state index is 0.497. The highest BCUT2D eigenvalue weighted by Gasteiger charge is 2.27. The molecule has 1 aliphatic carbocycles. The number of nitrogens with zero attached hydrogens (tertiary/aromatic N) is 3. The zero-order valence-electron chi connectivity index (χ0n) is 11.6. The topological polar surface area (TPSA) is 47.9 Å². The first-order valence-electron chi connectivity index (χ1n) is 6.84. The number of ether oxygens (including phenoxy) is 1. The molecule has 1 aliphatic rings. The van der Waals surface area contributed by atoms with E-state index >= 15 is 0 Å². The van der Waals surface area contributed by atoms with Crippen molar-refractivity contribution >= 4 is 15.9 Å². The van der Waals surface area contributed by atoms with Gasteiger partial charge in [-0.15, -0.1) is 0 Å². The Bertz CT molecular complexity index is 641. The van der Waals surface area contributed by atoms with E-state index in [1.54, 1.807) is 6.07 Å². The smallest absolute Gasteiger partial charge is 0.223 e. The summed E-state index contributed by atoms with van der Waals surface area (Å²) < 4.78 is 6.68. The summed E-state index contributed by atoms with van der Waals surface area (Å²) >= 11 is 3.42. The second-order valence-electron chi connectivity index (χ2n) is 5.01. The number of hydrogen-bond donors (Lipinski definition) is 0. The number of hydrogen-bond acceptors (Lipinski definition) is 4. The van der Waals surface area contributed by atoms with Crippen LogP contribution in [-0.2, 0) is 6.42 Å². The third-order valence-electron chi connectivity index (χ3n) is 3.25. The molecule has 2 aromatic heterocycles. The van der Waals surface area contributed by atoms with Crippen LogP contribution in [0.2, 0.25) is 0 Å². The molecule has 0 radical (unpaired) electrons. The summed E-state index contributed by atoms with van der Waals surface area (Å²) in [5.41, 5.74) is 1.95. The fourth-order valence-corrected chi connectivity index (χ4v) is 2.42. The maximum absolute atomic E-state index is 5.91. The molecule has 0 spiro atoms. The van der Waals surface area contributed by atoms with Gasteiger partial charge in [0, 0.05) is 17.7 Å². The molecular weight excluding hydrogens is 318 g/mol. The molecule has 0 aromatic carbocycles. The number of pyridine rings is 1. The average Bonchev–Trinajstić information content (AvgIpc) is 3.24. The van der Waals surface area contributed by atoms with Crippen LogP contribution in [0.1, 0.15) is 42.9 Å². The van der Waals surface area contributed by atoms with Crippen LogP contribution < -0.4 is 4.74 Å². The van der Waals surface area contributed by atoms with Crippen molar-refractivity contribution in [2.45, 2.75) is 39.0 Å². The first-order valence-corrected chi connectivity index (χ1v) is 7.64. The number of aryl methyl sites for hydroxylation is 2. The largest absolute Gasteiger partial charge is 0.437 e. The number of aromatic nitrogens is 3. The highest BCUT2D eigenvalue weighted by molar-refractivity contribution is 9.10. The van der Waals surface area contributed by atoms with Gasteiger partial charge in [0.05, 0.1) is 5.69 Å². The van der Waals surface area contributed by atoms with Gasteiger partial charge in [-0.05, 0) is 54.2 Å². The Labute approximate surface area is 126 Å². The molecule has 0 N–H and O–H groups in total. The Kier molecular flexibility index (Phi) is 3.70. The van der Waals surface area contributed by atoms with E-state index < -0.39 is 0 Å². The second-order valence-corrected chi connectivity index (χ2v) is 5.83. The summed E-state index contributed by atoms with van der Waals surface area (Å²) in [6.07, 6.45) is 3.17. The fraction of sp³-hybridized carbons (Fsp3) is 0.400. The predicted octanol–water partition coefficient (Wildman–Crippen LogP) is 4.17. The van der Waals surface area contributed by atoms with E-state index in [4.69, 9.17) is 4.74 Å². The zero-order valence-corrected chi connectivity index (χ0v) is 13.1. The van der Waals surface area contributed by atoms with Gasteiger partial charge in [0.25, 0.3) is 0 Å². The Morgan fingerprint density at radius 3 is 2.75 bits per heavy atom. The molecule has 5 heteroatoms. The van der Waals surface area contributed by atoms with E-state index in [9.17, 15) is 0 Å². The van der Waals surface area contributed by atoms with Crippen LogP contribution in [0.5, 0.6) is 11.6 Å². The first-order chi connectivity index (χ1) is 9.65. The molecular formula is C15H16BrN3O. The van der Waals surface area contributed by atoms with Crippen LogP contribution in [0, 0.1) is 6.92 Å². The van der Waals surface area contributed by atoms with Gasteiger partial charge in [0.2, 0.25) is 5.88 Å². The molecule has 2 aromatic rings. The lowest BCUT2D eigenvalue weighted by molar-refractivity contribution is 0.449. The highest BCUT2D eigenvalue weighted by atomic mass is 79.9. The molecule has 0 saturated heterocycles. The molecule has 1 fully saturated rings. The van der Waals surface area contributed by atoms with Gasteiger partial charge in [0.15, 0.2) is 5.75 Å². The minimum absolute atomic E-state index is 0.497. The third-order valence-corrected chi connectivity index (χ3v) is 3.66. The summed E-state index contributed by atoms with van der Waals surface area (Å²) in [5.74, 6) is 2.71. The lowest BCUT2D eigenvalue weighted by Gasteiger charge is -2.10. The molecule has 1 saturated carbocycles. The fourth-order valence-electron chi connectivity index (χ4n) is 2.05. The van der Waals surface area contributed by atoms with Gasteiger partial charge in [-0.25, -0.2) is 4.98 Å². The zero-order chi connectivity index (χ0) is 14.1. The van der Waals surface area contributed by atoms with Crippen LogP contribution in [-0.4, -0.2) is 15.0 Å². The van der Waals surface area contributed by atoms with E-state index in [0.29, 0.717) is 11.8 Å². The molecule has 0 atom stereocenters. The van der Waals surface area contributed by atoms with Crippen molar-refractivity contribution in [3.05, 3.63) is 40.0 Å². The maximum Gasteiger partial charge on any atom is 0.223 e. The molecule has 3 rings (SSSR count). The lowest BCUT2D eigenvalue weighted by atomic mass is 10.2. The molecule has 0 bridgehead atoms. The number of rotatable bonds is 4. The van der Waals surface area contributed by atoms with Crippen LogP contribution >= 0.6 is 15.9 Å². The molecule has 4 nitrogen and oxygen atoms in total. The van der Waals surface area contributed by atoms with Crippen molar-refractivity contribution in [3.8, 4) is 11.6 Å². The van der Waals surface area contributed by atoms with Crippen molar-refractivity contribution in [2.24, 2.45) is 0 Å². The molecule has 104 valence electrons. The van der Waals surface area contributed by atoms with Crippen LogP contribution in [0.4, 0.5) is 0 Å². The SMILES string of the molecule is CCc1nc(C)ccc1Oc1cc(Br)nc(C2CC2)n1. The van der Waals surface area contributed by atoms with Gasteiger partial charge in [0.1, 0.15) is 10.4 Å². The minimum Gasteiger partial charge on any atom is -0.437 e. The van der Waals surface area contributed by atoms with Crippen LogP contribution in [0.3, 0.4) is 0 Å². The molecule has 0 amide bonds. The highest BCUT2D eigenvalue weighted by Crippen LogP contribution is 2.39. The van der Waals surface area contributed by atoms with Gasteiger partial charge in [-0.2, -0.15) is 4.98 Å². The van der Waals surface area contributed by atoms with Crippen molar-refractivity contribution < 1.29 is 4.74 Å². The second kappa shape index (κ2) is 5.48. The lowest BCUT2D eigenvalue weighted by Crippen LogP contribution is -2.00. The number of halogens is 1. The Morgan fingerprint density at radius 2 is 2.05 bits per heavy atom. The van der Waals surface area contributed by atoms with Gasteiger partial charge >= 0.3 is 0 Å². The summed E-state index contributed by atoms with van der Waals surface area (Å²) in [4.78, 5) is 13.4. The average molecular weight is 334 g/mol. The Balaban J connectivity index is 1.90. The van der Waals surface area contributed by atoms with Crippen molar-refractivity contribution in [3.63, 3.8) is 0 Å². The molecule has 0 aliphatic heterocycles. The Morgan fingerprint density at radius 1 is 1.25 bits per heavy atom. The van der Waals surface area contributed by atoms with Crippen LogP contribution in [0.25, 0.3) is 0 Å². The van der Waals surface area contributed by atoms with Crippen molar-refractivity contribution in [1.82, 2.24) is 15.0 Å². The Hall–Kier alpha value is -1.49. The summed E-state index contributed by atoms with van der Waals surface area (Å²) in [7, 11) is 0. The van der Waals surface area contributed by atoms with Crippen LogP contribution in [0.15, 0.2) is 22.8 Å². The summed E-state index contributed by atoms with van der Waals surface area (Å²) in [5, 5.41) is 0. The molecule has 0 unspecified atom stereocenters. The van der Waals surface area contributed by atoms with E-state index in [1.807, 2.05) is 19.1 Å². The van der Waals surface area contributed by atoms with Crippen molar-refractivity contribution in [1.29, 1.82) is 0 Å². The van der Waals surface area contributed by atoms with Gasteiger partial charge in [-0.1, -0.05) is 6.92 Å². The maximum atomic E-state index is 5.91. The molecule has 2 heterocycles. The third kappa shape index (κ3) is 2.98. The molecule has 20 heavy (non-hydrogen) atoms. The van der Waals surface area contributed by atoms with E-state index in [1.165, 1.54) is 12.8 Å². The van der Waals surface area contributed by atoms with E-state index in [2.05, 4.69) is 37.8 Å². The van der Waals surface area contributed by atoms with Gasteiger partial charge in [-0.3, -0.25) is 4.98 Å².